The van der Waals surface area contributed by atoms with Gasteiger partial charge < -0.3 is 10.2 Å². The zero-order valence-corrected chi connectivity index (χ0v) is 16.8. The van der Waals surface area contributed by atoms with Crippen molar-refractivity contribution < 1.29 is 22.8 Å². The van der Waals surface area contributed by atoms with Crippen LogP contribution in [0.4, 0.5) is 18.9 Å². The first-order valence-electron chi connectivity index (χ1n) is 9.15. The van der Waals surface area contributed by atoms with Crippen molar-refractivity contribution in [2.75, 3.05) is 18.4 Å². The zero-order valence-electron chi connectivity index (χ0n) is 16.0. The lowest BCUT2D eigenvalue weighted by molar-refractivity contribution is -0.130. The maximum atomic E-state index is 13.7. The average Bonchev–Trinajstić information content (AvgIpc) is 3.15. The van der Waals surface area contributed by atoms with Gasteiger partial charge in [-0.25, -0.2) is 18.2 Å². The van der Waals surface area contributed by atoms with E-state index < -0.39 is 35.0 Å². The largest absolute Gasteiger partial charge is 0.330 e. The van der Waals surface area contributed by atoms with E-state index in [0.29, 0.717) is 17.5 Å². The number of thiazole rings is 1. The van der Waals surface area contributed by atoms with Crippen LogP contribution in [-0.4, -0.2) is 34.8 Å². The smallest absolute Gasteiger partial charge is 0.247 e. The topological polar surface area (TPSA) is 62.3 Å². The molecule has 0 unspecified atom stereocenters. The number of para-hydroxylation sites is 1. The third-order valence-corrected chi connectivity index (χ3v) is 5.13. The van der Waals surface area contributed by atoms with E-state index in [0.717, 1.165) is 16.3 Å². The molecule has 0 radical (unpaired) electrons. The maximum Gasteiger partial charge on any atom is 0.247 e. The third-order valence-electron chi connectivity index (χ3n) is 4.13. The normalized spacial score (nSPS) is 11.2. The van der Waals surface area contributed by atoms with Gasteiger partial charge in [0.15, 0.2) is 17.5 Å². The van der Waals surface area contributed by atoms with Crippen molar-refractivity contribution in [2.45, 2.75) is 13.3 Å². The predicted octanol–water partition coefficient (Wildman–Crippen LogP) is 4.60. The quantitative estimate of drug-likeness (QED) is 0.437. The second-order valence-corrected chi connectivity index (χ2v) is 7.45. The van der Waals surface area contributed by atoms with Gasteiger partial charge in [-0.15, -0.1) is 11.3 Å². The van der Waals surface area contributed by atoms with Crippen molar-refractivity contribution in [1.29, 1.82) is 0 Å². The van der Waals surface area contributed by atoms with Crippen LogP contribution < -0.4 is 5.32 Å². The van der Waals surface area contributed by atoms with Crippen LogP contribution in [0.5, 0.6) is 0 Å². The Morgan fingerprint density at radius 2 is 1.90 bits per heavy atom. The van der Waals surface area contributed by atoms with E-state index in [-0.39, 0.29) is 13.1 Å². The van der Waals surface area contributed by atoms with Crippen LogP contribution in [0.2, 0.25) is 0 Å². The van der Waals surface area contributed by atoms with Crippen molar-refractivity contribution in [3.8, 4) is 0 Å². The van der Waals surface area contributed by atoms with Gasteiger partial charge in [0.2, 0.25) is 11.8 Å². The summed E-state index contributed by atoms with van der Waals surface area (Å²) in [6.07, 6.45) is 3.48. The highest BCUT2D eigenvalue weighted by molar-refractivity contribution is 7.19. The molecular formula is C21H18F3N3O2S. The number of aromatic nitrogens is 1. The molecule has 1 N–H and O–H groups in total. The average molecular weight is 433 g/mol. The first kappa shape index (κ1) is 21.5. The SMILES string of the molecule is CCCN(CC(=O)Nc1ccc(F)c(F)c1F)C(=O)/C=C\c1nc2ccccc2s1. The fourth-order valence-electron chi connectivity index (χ4n) is 2.73. The lowest BCUT2D eigenvalue weighted by Crippen LogP contribution is -2.37. The Kier molecular flexibility index (Phi) is 6.83. The van der Waals surface area contributed by atoms with Gasteiger partial charge in [0, 0.05) is 12.6 Å². The number of nitrogens with zero attached hydrogens (tertiary/aromatic N) is 2. The number of nitrogens with one attached hydrogen (secondary N) is 1. The molecule has 3 aromatic rings. The Morgan fingerprint density at radius 1 is 1.13 bits per heavy atom. The van der Waals surface area contributed by atoms with Crippen LogP contribution in [0.3, 0.4) is 0 Å². The minimum Gasteiger partial charge on any atom is -0.330 e. The molecule has 0 saturated heterocycles. The number of amides is 2. The van der Waals surface area contributed by atoms with E-state index in [4.69, 9.17) is 0 Å². The van der Waals surface area contributed by atoms with Crippen LogP contribution in [0.25, 0.3) is 16.3 Å². The van der Waals surface area contributed by atoms with E-state index in [1.54, 1.807) is 6.08 Å². The standard InChI is InChI=1S/C21H18F3N3O2S/c1-2-11-27(12-17(28)25-15-8-7-13(22)20(23)21(15)24)19(29)10-9-18-26-14-5-3-4-6-16(14)30-18/h3-10H,2,11-12H2,1H3,(H,25,28)/b10-9-. The number of carbonyl (C=O) groups is 2. The van der Waals surface area contributed by atoms with Crippen molar-refractivity contribution in [1.82, 2.24) is 9.88 Å². The molecule has 0 atom stereocenters. The Labute approximate surface area is 174 Å². The number of anilines is 1. The summed E-state index contributed by atoms with van der Waals surface area (Å²) in [5.41, 5.74) is 0.334. The Balaban J connectivity index is 1.67. The summed E-state index contributed by atoms with van der Waals surface area (Å²) < 4.78 is 41.1. The van der Waals surface area contributed by atoms with Crippen LogP contribution >= 0.6 is 11.3 Å². The molecule has 0 fully saturated rings. The first-order chi connectivity index (χ1) is 14.4. The van der Waals surface area contributed by atoms with E-state index in [1.807, 2.05) is 31.2 Å². The summed E-state index contributed by atoms with van der Waals surface area (Å²) in [6, 6.07) is 9.20. The van der Waals surface area contributed by atoms with E-state index >= 15 is 0 Å². The van der Waals surface area contributed by atoms with Gasteiger partial charge in [-0.1, -0.05) is 19.1 Å². The van der Waals surface area contributed by atoms with Gasteiger partial charge in [0.1, 0.15) is 11.6 Å². The molecule has 156 valence electrons. The number of rotatable bonds is 7. The molecule has 30 heavy (non-hydrogen) atoms. The van der Waals surface area contributed by atoms with Gasteiger partial charge in [0.25, 0.3) is 0 Å². The van der Waals surface area contributed by atoms with E-state index in [2.05, 4.69) is 10.3 Å². The van der Waals surface area contributed by atoms with Crippen molar-refractivity contribution >= 4 is 45.1 Å². The summed E-state index contributed by atoms with van der Waals surface area (Å²) >= 11 is 1.43. The van der Waals surface area contributed by atoms with Gasteiger partial charge in [-0.3, -0.25) is 9.59 Å². The molecule has 0 spiro atoms. The monoisotopic (exact) mass is 433 g/mol. The van der Waals surface area contributed by atoms with Gasteiger partial charge in [0.05, 0.1) is 15.9 Å². The van der Waals surface area contributed by atoms with Gasteiger partial charge >= 0.3 is 0 Å². The molecule has 2 aromatic carbocycles. The molecule has 3 rings (SSSR count). The Bertz CT molecular complexity index is 1080. The second-order valence-electron chi connectivity index (χ2n) is 6.38. The molecule has 2 amide bonds. The lowest BCUT2D eigenvalue weighted by Gasteiger charge is -2.20. The van der Waals surface area contributed by atoms with Crippen LogP contribution in [0, 0.1) is 17.5 Å². The molecule has 9 heteroatoms. The number of carbonyl (C=O) groups excluding carboxylic acids is 2. The fourth-order valence-corrected chi connectivity index (χ4v) is 3.60. The highest BCUT2D eigenvalue weighted by Gasteiger charge is 2.18. The minimum atomic E-state index is -1.67. The molecule has 0 aliphatic heterocycles. The second kappa shape index (κ2) is 9.53. The first-order valence-corrected chi connectivity index (χ1v) is 9.96. The van der Waals surface area contributed by atoms with Crippen molar-refractivity contribution in [3.05, 3.63) is 64.9 Å². The summed E-state index contributed by atoms with van der Waals surface area (Å²) in [4.78, 5) is 30.4. The highest BCUT2D eigenvalue weighted by atomic mass is 32.1. The zero-order chi connectivity index (χ0) is 21.7. The molecule has 1 aromatic heterocycles. The van der Waals surface area contributed by atoms with Gasteiger partial charge in [-0.05, 0) is 36.8 Å². The minimum absolute atomic E-state index is 0.288. The molecule has 0 aliphatic carbocycles. The number of hydrogen-bond acceptors (Lipinski definition) is 4. The summed E-state index contributed by atoms with van der Waals surface area (Å²) in [6.45, 7) is 1.76. The summed E-state index contributed by atoms with van der Waals surface area (Å²) in [7, 11) is 0. The third kappa shape index (κ3) is 5.04. The van der Waals surface area contributed by atoms with E-state index in [9.17, 15) is 22.8 Å². The maximum absolute atomic E-state index is 13.7. The highest BCUT2D eigenvalue weighted by Crippen LogP contribution is 2.22. The van der Waals surface area contributed by atoms with Crippen molar-refractivity contribution in [3.63, 3.8) is 0 Å². The molecule has 0 aliphatic rings. The number of hydrogen-bond donors (Lipinski definition) is 1. The Hall–Kier alpha value is -3.20. The molecule has 5 nitrogen and oxygen atoms in total. The summed E-state index contributed by atoms with van der Waals surface area (Å²) in [5, 5.41) is 2.81. The lowest BCUT2D eigenvalue weighted by atomic mass is 10.2. The molecule has 0 saturated carbocycles. The van der Waals surface area contributed by atoms with E-state index in [1.165, 1.54) is 22.3 Å². The Morgan fingerprint density at radius 3 is 2.63 bits per heavy atom. The van der Waals surface area contributed by atoms with Crippen LogP contribution in [0.1, 0.15) is 18.4 Å². The molecular weight excluding hydrogens is 415 g/mol. The summed E-state index contributed by atoms with van der Waals surface area (Å²) in [5.74, 6) is -5.67. The molecule has 1 heterocycles. The fraction of sp³-hybridized carbons (Fsp3) is 0.190. The van der Waals surface area contributed by atoms with Crippen molar-refractivity contribution in [2.24, 2.45) is 0 Å². The molecule has 0 bridgehead atoms. The van der Waals surface area contributed by atoms with Crippen LogP contribution in [0.15, 0.2) is 42.5 Å². The van der Waals surface area contributed by atoms with Crippen LogP contribution in [-0.2, 0) is 9.59 Å². The number of benzene rings is 2. The number of halogens is 3. The predicted molar refractivity (Wildman–Crippen MR) is 110 cm³/mol. The van der Waals surface area contributed by atoms with Gasteiger partial charge in [-0.2, -0.15) is 0 Å². The number of fused-ring (bicyclic) bond motifs is 1.